The molecule has 0 aliphatic carbocycles. The second kappa shape index (κ2) is 7.55. The lowest BCUT2D eigenvalue weighted by atomic mass is 10.1. The van der Waals surface area contributed by atoms with Crippen molar-refractivity contribution in [3.05, 3.63) is 83.0 Å². The fraction of sp³-hybridized carbons (Fsp3) is 0.0952. The average Bonchev–Trinajstić information content (AvgIpc) is 3.35. The fourth-order valence-electron chi connectivity index (χ4n) is 2.75. The van der Waals surface area contributed by atoms with Gasteiger partial charge in [0.2, 0.25) is 0 Å². The number of thiazole rings is 1. The van der Waals surface area contributed by atoms with Crippen LogP contribution in [0.15, 0.2) is 66.7 Å². The van der Waals surface area contributed by atoms with Crippen molar-refractivity contribution < 1.29 is 4.79 Å². The minimum atomic E-state index is -0.182. The Kier molecular flexibility index (Phi) is 4.80. The lowest BCUT2D eigenvalue weighted by molar-refractivity contribution is 0.0946. The van der Waals surface area contributed by atoms with Gasteiger partial charge in [0, 0.05) is 16.0 Å². The second-order valence-electron chi connectivity index (χ2n) is 6.11. The number of amides is 1. The third-order valence-electron chi connectivity index (χ3n) is 4.21. The number of aromatic amines is 1. The van der Waals surface area contributed by atoms with Crippen LogP contribution in [0.4, 0.5) is 0 Å². The van der Waals surface area contributed by atoms with E-state index in [9.17, 15) is 4.79 Å². The lowest BCUT2D eigenvalue weighted by Crippen LogP contribution is -2.23. The maximum atomic E-state index is 12.5. The standard InChI is InChI=1S/C21H18N4OS/c1-14-19(27-21(23-14)16-10-6-3-7-11-16)13-22-20(26)18-12-17(24-25-18)15-8-4-2-5-9-15/h2-12H,13H2,1H3,(H,22,26)(H,24,25). The molecule has 0 saturated heterocycles. The smallest absolute Gasteiger partial charge is 0.269 e. The Morgan fingerprint density at radius 2 is 1.70 bits per heavy atom. The van der Waals surface area contributed by atoms with Crippen molar-refractivity contribution in [2.45, 2.75) is 13.5 Å². The van der Waals surface area contributed by atoms with Crippen LogP contribution in [0.5, 0.6) is 0 Å². The number of nitrogens with zero attached hydrogens (tertiary/aromatic N) is 2. The van der Waals surface area contributed by atoms with Gasteiger partial charge < -0.3 is 5.32 Å². The fourth-order valence-corrected chi connectivity index (χ4v) is 3.75. The molecule has 2 aromatic carbocycles. The first kappa shape index (κ1) is 17.2. The molecule has 0 fully saturated rings. The molecule has 0 radical (unpaired) electrons. The van der Waals surface area contributed by atoms with Gasteiger partial charge >= 0.3 is 0 Å². The minimum Gasteiger partial charge on any atom is -0.346 e. The molecule has 27 heavy (non-hydrogen) atoms. The van der Waals surface area contributed by atoms with E-state index in [1.165, 1.54) is 0 Å². The van der Waals surface area contributed by atoms with Crippen molar-refractivity contribution in [3.63, 3.8) is 0 Å². The summed E-state index contributed by atoms with van der Waals surface area (Å²) < 4.78 is 0. The van der Waals surface area contributed by atoms with Crippen LogP contribution in [0, 0.1) is 6.92 Å². The molecule has 2 heterocycles. The minimum absolute atomic E-state index is 0.182. The van der Waals surface area contributed by atoms with E-state index in [2.05, 4.69) is 20.5 Å². The van der Waals surface area contributed by atoms with E-state index in [0.29, 0.717) is 12.2 Å². The van der Waals surface area contributed by atoms with Gasteiger partial charge in [-0.1, -0.05) is 60.7 Å². The predicted octanol–water partition coefficient (Wildman–Crippen LogP) is 4.44. The summed E-state index contributed by atoms with van der Waals surface area (Å²) in [4.78, 5) is 18.1. The molecule has 2 aromatic heterocycles. The van der Waals surface area contributed by atoms with Crippen LogP contribution in [-0.4, -0.2) is 21.1 Å². The summed E-state index contributed by atoms with van der Waals surface area (Å²) >= 11 is 1.60. The molecular weight excluding hydrogens is 356 g/mol. The van der Waals surface area contributed by atoms with Gasteiger partial charge in [-0.25, -0.2) is 4.98 Å². The SMILES string of the molecule is Cc1nc(-c2ccccc2)sc1CNC(=O)c1cc(-c2ccccc2)n[nH]1. The van der Waals surface area contributed by atoms with E-state index in [1.54, 1.807) is 17.4 Å². The van der Waals surface area contributed by atoms with Crippen molar-refractivity contribution in [1.29, 1.82) is 0 Å². The average molecular weight is 374 g/mol. The molecule has 0 unspecified atom stereocenters. The number of H-pyrrole nitrogens is 1. The van der Waals surface area contributed by atoms with Crippen molar-refractivity contribution in [2.24, 2.45) is 0 Å². The molecule has 0 aliphatic rings. The number of aromatic nitrogens is 3. The third kappa shape index (κ3) is 3.80. The summed E-state index contributed by atoms with van der Waals surface area (Å²) in [6.07, 6.45) is 0. The highest BCUT2D eigenvalue weighted by Crippen LogP contribution is 2.27. The monoisotopic (exact) mass is 374 g/mol. The quantitative estimate of drug-likeness (QED) is 0.542. The van der Waals surface area contributed by atoms with Crippen molar-refractivity contribution in [3.8, 4) is 21.8 Å². The van der Waals surface area contributed by atoms with Gasteiger partial charge in [0.15, 0.2) is 0 Å². The molecule has 0 bridgehead atoms. The molecule has 0 saturated carbocycles. The van der Waals surface area contributed by atoms with Crippen LogP contribution >= 0.6 is 11.3 Å². The van der Waals surface area contributed by atoms with E-state index >= 15 is 0 Å². The predicted molar refractivity (Wildman–Crippen MR) is 107 cm³/mol. The van der Waals surface area contributed by atoms with Crippen LogP contribution in [-0.2, 0) is 6.54 Å². The number of hydrogen-bond acceptors (Lipinski definition) is 4. The Balaban J connectivity index is 1.44. The highest BCUT2D eigenvalue weighted by molar-refractivity contribution is 7.15. The summed E-state index contributed by atoms with van der Waals surface area (Å²) in [5.74, 6) is -0.182. The molecule has 0 atom stereocenters. The number of hydrogen-bond donors (Lipinski definition) is 2. The Bertz CT molecular complexity index is 1050. The van der Waals surface area contributed by atoms with E-state index in [1.807, 2.05) is 67.6 Å². The number of nitrogens with one attached hydrogen (secondary N) is 2. The van der Waals surface area contributed by atoms with Gasteiger partial charge in [0.1, 0.15) is 10.7 Å². The summed E-state index contributed by atoms with van der Waals surface area (Å²) in [7, 11) is 0. The van der Waals surface area contributed by atoms with Gasteiger partial charge in [0.25, 0.3) is 5.91 Å². The molecule has 134 valence electrons. The first-order chi connectivity index (χ1) is 13.2. The molecule has 5 nitrogen and oxygen atoms in total. The summed E-state index contributed by atoms with van der Waals surface area (Å²) in [6, 6.07) is 21.6. The maximum absolute atomic E-state index is 12.5. The van der Waals surface area contributed by atoms with E-state index in [0.717, 1.165) is 32.4 Å². The zero-order valence-corrected chi connectivity index (χ0v) is 15.6. The third-order valence-corrected chi connectivity index (χ3v) is 5.42. The first-order valence-electron chi connectivity index (χ1n) is 8.61. The molecule has 2 N–H and O–H groups in total. The summed E-state index contributed by atoms with van der Waals surface area (Å²) in [5.41, 5.74) is 4.19. The molecule has 1 amide bonds. The van der Waals surface area contributed by atoms with Crippen LogP contribution in [0.25, 0.3) is 21.8 Å². The molecule has 0 aliphatic heterocycles. The normalized spacial score (nSPS) is 10.7. The van der Waals surface area contributed by atoms with Gasteiger partial charge in [-0.05, 0) is 13.0 Å². The maximum Gasteiger partial charge on any atom is 0.269 e. The number of carbonyl (C=O) groups excluding carboxylic acids is 1. The number of rotatable bonds is 5. The Morgan fingerprint density at radius 1 is 1.04 bits per heavy atom. The molecule has 0 spiro atoms. The largest absolute Gasteiger partial charge is 0.346 e. The first-order valence-corrected chi connectivity index (χ1v) is 9.43. The molecule has 6 heteroatoms. The highest BCUT2D eigenvalue weighted by atomic mass is 32.1. The summed E-state index contributed by atoms with van der Waals surface area (Å²) in [6.45, 7) is 2.41. The topological polar surface area (TPSA) is 70.7 Å². The van der Waals surface area contributed by atoms with Crippen molar-refractivity contribution >= 4 is 17.2 Å². The van der Waals surface area contributed by atoms with Crippen LogP contribution < -0.4 is 5.32 Å². The lowest BCUT2D eigenvalue weighted by Gasteiger charge is -2.01. The van der Waals surface area contributed by atoms with E-state index in [-0.39, 0.29) is 5.91 Å². The molecular formula is C21H18N4OS. The van der Waals surface area contributed by atoms with Gasteiger partial charge in [0.05, 0.1) is 17.9 Å². The Hall–Kier alpha value is -3.25. The molecule has 4 aromatic rings. The van der Waals surface area contributed by atoms with Crippen LogP contribution in [0.1, 0.15) is 21.1 Å². The number of benzene rings is 2. The van der Waals surface area contributed by atoms with E-state index in [4.69, 9.17) is 0 Å². The number of aryl methyl sites for hydroxylation is 1. The van der Waals surface area contributed by atoms with Gasteiger partial charge in [-0.3, -0.25) is 9.89 Å². The summed E-state index contributed by atoms with van der Waals surface area (Å²) in [5, 5.41) is 10.9. The van der Waals surface area contributed by atoms with Crippen LogP contribution in [0.3, 0.4) is 0 Å². The van der Waals surface area contributed by atoms with Crippen molar-refractivity contribution in [1.82, 2.24) is 20.5 Å². The zero-order valence-electron chi connectivity index (χ0n) is 14.8. The van der Waals surface area contributed by atoms with E-state index < -0.39 is 0 Å². The second-order valence-corrected chi connectivity index (χ2v) is 7.19. The van der Waals surface area contributed by atoms with Gasteiger partial charge in [-0.2, -0.15) is 5.10 Å². The molecule has 4 rings (SSSR count). The highest BCUT2D eigenvalue weighted by Gasteiger charge is 2.13. The Labute approximate surface area is 161 Å². The van der Waals surface area contributed by atoms with Gasteiger partial charge in [-0.15, -0.1) is 11.3 Å². The van der Waals surface area contributed by atoms with Crippen LogP contribution in [0.2, 0.25) is 0 Å². The van der Waals surface area contributed by atoms with Crippen molar-refractivity contribution in [2.75, 3.05) is 0 Å². The zero-order chi connectivity index (χ0) is 18.6. The Morgan fingerprint density at radius 3 is 2.41 bits per heavy atom. The number of carbonyl (C=O) groups is 1.